The topological polar surface area (TPSA) is 51.2 Å². The van der Waals surface area contributed by atoms with Crippen LogP contribution < -0.4 is 10.1 Å². The van der Waals surface area contributed by atoms with Crippen molar-refractivity contribution in [3.63, 3.8) is 0 Å². The van der Waals surface area contributed by atoms with E-state index in [1.54, 1.807) is 25.3 Å². The Balaban J connectivity index is 1.99. The zero-order chi connectivity index (χ0) is 14.5. The van der Waals surface area contributed by atoms with Crippen molar-refractivity contribution in [2.75, 3.05) is 5.32 Å². The van der Waals surface area contributed by atoms with E-state index in [0.29, 0.717) is 11.4 Å². The fourth-order valence-electron chi connectivity index (χ4n) is 1.48. The number of pyridine rings is 1. The van der Waals surface area contributed by atoms with Crippen LogP contribution in [0, 0.1) is 3.57 Å². The van der Waals surface area contributed by atoms with Gasteiger partial charge in [0, 0.05) is 9.77 Å². The third-order valence-corrected chi connectivity index (χ3v) is 3.53. The van der Waals surface area contributed by atoms with Gasteiger partial charge in [-0.3, -0.25) is 4.79 Å². The van der Waals surface area contributed by atoms with Gasteiger partial charge in [-0.2, -0.15) is 0 Å². The predicted molar refractivity (Wildman–Crippen MR) is 87.1 cm³/mol. The molecule has 2 rings (SSSR count). The Morgan fingerprint density at radius 3 is 2.70 bits per heavy atom. The van der Waals surface area contributed by atoms with Gasteiger partial charge in [-0.1, -0.05) is 11.6 Å². The first kappa shape index (κ1) is 15.1. The summed E-state index contributed by atoms with van der Waals surface area (Å²) in [5.74, 6) is 0.365. The molecule has 0 bridgehead atoms. The number of amides is 1. The van der Waals surface area contributed by atoms with Crippen LogP contribution in [0.3, 0.4) is 0 Å². The molecule has 1 heterocycles. The van der Waals surface area contributed by atoms with Gasteiger partial charge in [0.15, 0.2) is 11.3 Å². The van der Waals surface area contributed by atoms with E-state index in [0.717, 1.165) is 3.57 Å². The van der Waals surface area contributed by atoms with Gasteiger partial charge in [0.2, 0.25) is 0 Å². The van der Waals surface area contributed by atoms with E-state index in [4.69, 9.17) is 16.3 Å². The van der Waals surface area contributed by atoms with E-state index in [-0.39, 0.29) is 11.1 Å². The molecule has 0 fully saturated rings. The first-order valence-electron chi connectivity index (χ1n) is 5.90. The molecule has 1 atom stereocenters. The summed E-state index contributed by atoms with van der Waals surface area (Å²) >= 11 is 8.09. The van der Waals surface area contributed by atoms with Crippen LogP contribution in [0.2, 0.25) is 5.15 Å². The number of ether oxygens (including phenoxy) is 1. The quantitative estimate of drug-likeness (QED) is 0.626. The highest BCUT2D eigenvalue weighted by molar-refractivity contribution is 14.1. The van der Waals surface area contributed by atoms with Gasteiger partial charge < -0.3 is 10.1 Å². The molecule has 4 nitrogen and oxygen atoms in total. The maximum absolute atomic E-state index is 12.0. The molecule has 0 aliphatic carbocycles. The zero-order valence-electron chi connectivity index (χ0n) is 10.6. The Labute approximate surface area is 135 Å². The molecule has 2 aromatic rings. The molecule has 0 saturated heterocycles. The van der Waals surface area contributed by atoms with Crippen molar-refractivity contribution in [3.05, 3.63) is 51.3 Å². The number of aromatic nitrogens is 1. The van der Waals surface area contributed by atoms with E-state index < -0.39 is 6.10 Å². The minimum absolute atomic E-state index is 0.252. The molecule has 1 amide bonds. The van der Waals surface area contributed by atoms with Crippen molar-refractivity contribution in [1.82, 2.24) is 4.98 Å². The number of halogens is 2. The minimum atomic E-state index is -0.633. The highest BCUT2D eigenvalue weighted by atomic mass is 127. The number of rotatable bonds is 4. The number of carbonyl (C=O) groups excluding carboxylic acids is 1. The first-order valence-corrected chi connectivity index (χ1v) is 7.35. The van der Waals surface area contributed by atoms with Crippen molar-refractivity contribution >= 4 is 45.8 Å². The van der Waals surface area contributed by atoms with Crippen molar-refractivity contribution in [2.45, 2.75) is 13.0 Å². The lowest BCUT2D eigenvalue weighted by atomic mass is 10.3. The summed E-state index contributed by atoms with van der Waals surface area (Å²) in [5, 5.41) is 2.93. The molecule has 1 N–H and O–H groups in total. The number of hydrogen-bond acceptors (Lipinski definition) is 3. The van der Waals surface area contributed by atoms with E-state index in [1.165, 1.54) is 0 Å². The Morgan fingerprint density at radius 1 is 1.35 bits per heavy atom. The van der Waals surface area contributed by atoms with Crippen molar-refractivity contribution < 1.29 is 9.53 Å². The van der Waals surface area contributed by atoms with Crippen LogP contribution in [-0.4, -0.2) is 17.0 Å². The third kappa shape index (κ3) is 4.08. The van der Waals surface area contributed by atoms with Crippen LogP contribution in [0.15, 0.2) is 42.6 Å². The molecule has 0 aliphatic heterocycles. The number of benzene rings is 1. The molecule has 0 radical (unpaired) electrons. The van der Waals surface area contributed by atoms with E-state index in [9.17, 15) is 4.79 Å². The van der Waals surface area contributed by atoms with E-state index in [2.05, 4.69) is 32.9 Å². The molecule has 6 heteroatoms. The molecule has 0 unspecified atom stereocenters. The summed E-state index contributed by atoms with van der Waals surface area (Å²) in [6, 6.07) is 10.9. The summed E-state index contributed by atoms with van der Waals surface area (Å²) in [7, 11) is 0. The summed E-state index contributed by atoms with van der Waals surface area (Å²) < 4.78 is 6.67. The average molecular weight is 403 g/mol. The summed E-state index contributed by atoms with van der Waals surface area (Å²) in [4.78, 5) is 15.9. The van der Waals surface area contributed by atoms with Crippen molar-refractivity contribution in [2.24, 2.45) is 0 Å². The van der Waals surface area contributed by atoms with Crippen LogP contribution in [-0.2, 0) is 4.79 Å². The Bertz CT molecular complexity index is 604. The molecular weight excluding hydrogens is 391 g/mol. The number of nitrogens with zero attached hydrogens (tertiary/aromatic N) is 1. The largest absolute Gasteiger partial charge is 0.481 e. The molecule has 0 saturated carbocycles. The zero-order valence-corrected chi connectivity index (χ0v) is 13.6. The summed E-state index contributed by atoms with van der Waals surface area (Å²) in [5.41, 5.74) is 0.470. The fourth-order valence-corrected chi connectivity index (χ4v) is 2.01. The highest BCUT2D eigenvalue weighted by Gasteiger charge is 2.16. The van der Waals surface area contributed by atoms with Gasteiger partial charge in [0.25, 0.3) is 5.91 Å². The smallest absolute Gasteiger partial charge is 0.265 e. The lowest BCUT2D eigenvalue weighted by Crippen LogP contribution is -2.30. The molecule has 0 spiro atoms. The van der Waals surface area contributed by atoms with Crippen LogP contribution in [0.5, 0.6) is 5.75 Å². The number of nitrogens with one attached hydrogen (secondary N) is 1. The van der Waals surface area contributed by atoms with E-state index in [1.807, 2.05) is 24.3 Å². The maximum Gasteiger partial charge on any atom is 0.265 e. The van der Waals surface area contributed by atoms with Crippen molar-refractivity contribution in [3.8, 4) is 5.75 Å². The van der Waals surface area contributed by atoms with Gasteiger partial charge in [-0.25, -0.2) is 4.98 Å². The van der Waals surface area contributed by atoms with Crippen molar-refractivity contribution in [1.29, 1.82) is 0 Å². The summed E-state index contributed by atoms with van der Waals surface area (Å²) in [6.45, 7) is 1.68. The highest BCUT2D eigenvalue weighted by Crippen LogP contribution is 2.19. The number of carbonyl (C=O) groups is 1. The van der Waals surface area contributed by atoms with Crippen LogP contribution in [0.25, 0.3) is 0 Å². The average Bonchev–Trinajstić information content (AvgIpc) is 2.44. The van der Waals surface area contributed by atoms with Gasteiger partial charge in [-0.05, 0) is 65.9 Å². The number of hydrogen-bond donors (Lipinski definition) is 1. The Kier molecular flexibility index (Phi) is 5.19. The second kappa shape index (κ2) is 6.90. The number of anilines is 1. The van der Waals surface area contributed by atoms with Crippen LogP contribution in [0.4, 0.5) is 5.69 Å². The third-order valence-electron chi connectivity index (χ3n) is 2.51. The molecule has 1 aromatic carbocycles. The van der Waals surface area contributed by atoms with Gasteiger partial charge >= 0.3 is 0 Å². The lowest BCUT2D eigenvalue weighted by molar-refractivity contribution is -0.122. The maximum atomic E-state index is 12.0. The predicted octanol–water partition coefficient (Wildman–Crippen LogP) is 3.75. The standard InChI is InChI=1S/C14H12ClIN2O2/c1-9(20-11-6-4-10(16)5-7-11)14(19)18-12-3-2-8-17-13(12)15/h2-9H,1H3,(H,18,19)/t9-/m0/s1. The lowest BCUT2D eigenvalue weighted by Gasteiger charge is -2.15. The molecular formula is C14H12ClIN2O2. The monoisotopic (exact) mass is 402 g/mol. The van der Waals surface area contributed by atoms with Crippen LogP contribution in [0.1, 0.15) is 6.92 Å². The normalized spacial score (nSPS) is 11.8. The Morgan fingerprint density at radius 2 is 2.05 bits per heavy atom. The van der Waals surface area contributed by atoms with Gasteiger partial charge in [0.1, 0.15) is 5.75 Å². The summed E-state index contributed by atoms with van der Waals surface area (Å²) in [6.07, 6.45) is 0.926. The fraction of sp³-hybridized carbons (Fsp3) is 0.143. The molecule has 0 aliphatic rings. The second-order valence-corrected chi connectivity index (χ2v) is 5.65. The first-order chi connectivity index (χ1) is 9.56. The SMILES string of the molecule is C[C@H](Oc1ccc(I)cc1)C(=O)Nc1cccnc1Cl. The van der Waals surface area contributed by atoms with E-state index >= 15 is 0 Å². The molecule has 20 heavy (non-hydrogen) atoms. The molecule has 1 aromatic heterocycles. The van der Waals surface area contributed by atoms with Gasteiger partial charge in [0.05, 0.1) is 5.69 Å². The van der Waals surface area contributed by atoms with Crippen LogP contribution >= 0.6 is 34.2 Å². The minimum Gasteiger partial charge on any atom is -0.481 e. The molecule has 104 valence electrons. The second-order valence-electron chi connectivity index (χ2n) is 4.05. The Hall–Kier alpha value is -1.34. The van der Waals surface area contributed by atoms with Gasteiger partial charge in [-0.15, -0.1) is 0 Å².